The van der Waals surface area contributed by atoms with Crippen molar-refractivity contribution in [2.75, 3.05) is 26.4 Å². The normalized spacial score (nSPS) is 14.0. The molecule has 0 radical (unpaired) electrons. The quantitative estimate of drug-likeness (QED) is 0.0272. The number of rotatable bonds is 38. The third-order valence-electron chi connectivity index (χ3n) is 8.42. The largest absolute Gasteiger partial charge is 0.472 e. The molecular weight excluding hydrogens is 689 g/mol. The second-order valence-electron chi connectivity index (χ2n) is 13.5. The van der Waals surface area contributed by atoms with E-state index in [0.717, 1.165) is 70.6 Å². The molecule has 0 rings (SSSR count). The number of nitrogens with two attached hydrogens (primary N) is 1. The SMILES string of the molecule is CC/C=C/C/C=C/C/C=C/C/C=C/C/C=C/CCCCCC(=O)OC[C@@H](COP(=O)(O)OCCN)OC(=O)CCCCCCCCCCCCCCC. The zero-order chi connectivity index (χ0) is 38.9. The number of carbonyl (C=O) groups is 2. The van der Waals surface area contributed by atoms with Gasteiger partial charge in [-0.25, -0.2) is 4.57 Å². The Kier molecular flexibility index (Phi) is 37.7. The highest BCUT2D eigenvalue weighted by Gasteiger charge is 2.25. The summed E-state index contributed by atoms with van der Waals surface area (Å²) < 4.78 is 32.7. The number of unbranched alkanes of at least 4 members (excludes halogenated alkanes) is 15. The van der Waals surface area contributed by atoms with Crippen LogP contribution in [-0.4, -0.2) is 49.3 Å². The van der Waals surface area contributed by atoms with Gasteiger partial charge in [0.25, 0.3) is 0 Å². The Bertz CT molecular complexity index is 1050. The lowest BCUT2D eigenvalue weighted by Crippen LogP contribution is -2.29. The van der Waals surface area contributed by atoms with Gasteiger partial charge >= 0.3 is 19.8 Å². The van der Waals surface area contributed by atoms with E-state index in [0.29, 0.717) is 12.8 Å². The van der Waals surface area contributed by atoms with Crippen LogP contribution in [0.15, 0.2) is 60.8 Å². The van der Waals surface area contributed by atoms with Gasteiger partial charge in [0.05, 0.1) is 13.2 Å². The molecule has 0 fully saturated rings. The highest BCUT2D eigenvalue weighted by Crippen LogP contribution is 2.43. The summed E-state index contributed by atoms with van der Waals surface area (Å²) >= 11 is 0. The maximum Gasteiger partial charge on any atom is 0.472 e. The fraction of sp³-hybridized carbons (Fsp3) is 0.721. The molecule has 2 atom stereocenters. The Morgan fingerprint density at radius 3 is 1.55 bits per heavy atom. The van der Waals surface area contributed by atoms with Gasteiger partial charge in [0.15, 0.2) is 6.10 Å². The number of phosphoric ester groups is 1. The minimum Gasteiger partial charge on any atom is -0.462 e. The average Bonchev–Trinajstić information content (AvgIpc) is 3.14. The van der Waals surface area contributed by atoms with Crippen LogP contribution in [0.2, 0.25) is 0 Å². The van der Waals surface area contributed by atoms with Crippen LogP contribution in [0.5, 0.6) is 0 Å². The van der Waals surface area contributed by atoms with Crippen molar-refractivity contribution in [2.45, 2.75) is 174 Å². The van der Waals surface area contributed by atoms with E-state index in [1.54, 1.807) is 0 Å². The zero-order valence-corrected chi connectivity index (χ0v) is 34.4. The first kappa shape index (κ1) is 50.7. The topological polar surface area (TPSA) is 134 Å². The Labute approximate surface area is 323 Å². The van der Waals surface area contributed by atoms with E-state index in [-0.39, 0.29) is 32.6 Å². The van der Waals surface area contributed by atoms with Gasteiger partial charge in [-0.15, -0.1) is 0 Å². The molecule has 3 N–H and O–H groups in total. The number of esters is 2. The molecule has 0 aromatic carbocycles. The summed E-state index contributed by atoms with van der Waals surface area (Å²) in [6.07, 6.45) is 45.3. The van der Waals surface area contributed by atoms with Crippen LogP contribution in [0.3, 0.4) is 0 Å². The number of phosphoric acid groups is 1. The maximum atomic E-state index is 12.5. The summed E-state index contributed by atoms with van der Waals surface area (Å²) in [7, 11) is -4.38. The highest BCUT2D eigenvalue weighted by atomic mass is 31.2. The molecule has 0 bridgehead atoms. The average molecular weight is 766 g/mol. The van der Waals surface area contributed by atoms with Crippen LogP contribution in [0, 0.1) is 0 Å². The summed E-state index contributed by atoms with van der Waals surface area (Å²) in [5.74, 6) is -0.868. The van der Waals surface area contributed by atoms with Crippen molar-refractivity contribution < 1.29 is 37.6 Å². The Morgan fingerprint density at radius 1 is 0.585 bits per heavy atom. The Balaban J connectivity index is 4.24. The minimum absolute atomic E-state index is 0.0470. The van der Waals surface area contributed by atoms with E-state index in [9.17, 15) is 19.0 Å². The van der Waals surface area contributed by atoms with Crippen molar-refractivity contribution in [1.82, 2.24) is 0 Å². The fourth-order valence-electron chi connectivity index (χ4n) is 5.37. The first-order valence-corrected chi connectivity index (χ1v) is 22.3. The number of hydrogen-bond donors (Lipinski definition) is 2. The van der Waals surface area contributed by atoms with Gasteiger partial charge in [0, 0.05) is 19.4 Å². The molecular formula is C43H76NO8P. The van der Waals surface area contributed by atoms with E-state index in [4.69, 9.17) is 24.3 Å². The molecule has 0 spiro atoms. The van der Waals surface area contributed by atoms with Crippen molar-refractivity contribution in [1.29, 1.82) is 0 Å². The molecule has 1 unspecified atom stereocenters. The molecule has 0 amide bonds. The number of ether oxygens (including phenoxy) is 2. The third-order valence-corrected chi connectivity index (χ3v) is 9.40. The summed E-state index contributed by atoms with van der Waals surface area (Å²) in [5.41, 5.74) is 5.34. The molecule has 306 valence electrons. The molecule has 0 aliphatic carbocycles. The van der Waals surface area contributed by atoms with Crippen molar-refractivity contribution in [3.63, 3.8) is 0 Å². The molecule has 0 saturated carbocycles. The van der Waals surface area contributed by atoms with Gasteiger partial charge in [0.1, 0.15) is 6.61 Å². The number of allylic oxidation sites excluding steroid dienone is 10. The van der Waals surface area contributed by atoms with Gasteiger partial charge < -0.3 is 20.1 Å². The molecule has 0 heterocycles. The lowest BCUT2D eigenvalue weighted by Gasteiger charge is -2.19. The smallest absolute Gasteiger partial charge is 0.462 e. The van der Waals surface area contributed by atoms with E-state index in [1.807, 2.05) is 0 Å². The standard InChI is InChI=1S/C43H76NO8P/c1-3-5-7-9-11-13-15-17-18-19-20-21-22-24-25-27-29-31-33-35-42(45)49-39-41(40-51-53(47,48)50-38-37-44)52-43(46)36-34-32-30-28-26-23-16-14-12-10-8-6-4-2/h5,7,11,13,17-18,20-21,24-25,41H,3-4,6,8-10,12,14-16,19,22-23,26-40,44H2,1-2H3,(H,47,48)/b7-5+,13-11+,18-17+,21-20+,25-24+/t41-/m0/s1. The van der Waals surface area contributed by atoms with Crippen LogP contribution in [0.1, 0.15) is 168 Å². The van der Waals surface area contributed by atoms with Crippen molar-refractivity contribution in [3.05, 3.63) is 60.8 Å². The van der Waals surface area contributed by atoms with Crippen LogP contribution in [0.25, 0.3) is 0 Å². The van der Waals surface area contributed by atoms with Crippen LogP contribution in [-0.2, 0) is 32.7 Å². The van der Waals surface area contributed by atoms with Gasteiger partial charge in [-0.1, -0.05) is 158 Å². The van der Waals surface area contributed by atoms with Crippen LogP contribution < -0.4 is 5.73 Å². The van der Waals surface area contributed by atoms with Crippen LogP contribution >= 0.6 is 7.82 Å². The van der Waals surface area contributed by atoms with Gasteiger partial charge in [-0.2, -0.15) is 0 Å². The van der Waals surface area contributed by atoms with E-state index < -0.39 is 32.5 Å². The lowest BCUT2D eigenvalue weighted by atomic mass is 10.0. The fourth-order valence-corrected chi connectivity index (χ4v) is 6.13. The zero-order valence-electron chi connectivity index (χ0n) is 33.5. The second kappa shape index (κ2) is 39.4. The summed E-state index contributed by atoms with van der Waals surface area (Å²) in [5, 5.41) is 0. The third kappa shape index (κ3) is 39.2. The maximum absolute atomic E-state index is 12.5. The Hall–Kier alpha value is -2.29. The summed E-state index contributed by atoms with van der Waals surface area (Å²) in [6.45, 7) is 3.57. The number of carbonyl (C=O) groups excluding carboxylic acids is 2. The summed E-state index contributed by atoms with van der Waals surface area (Å²) in [4.78, 5) is 34.8. The summed E-state index contributed by atoms with van der Waals surface area (Å²) in [6, 6.07) is 0. The monoisotopic (exact) mass is 766 g/mol. The van der Waals surface area contributed by atoms with Crippen LogP contribution in [0.4, 0.5) is 0 Å². The van der Waals surface area contributed by atoms with E-state index in [2.05, 4.69) is 74.6 Å². The lowest BCUT2D eigenvalue weighted by molar-refractivity contribution is -0.161. The molecule has 0 aliphatic rings. The Morgan fingerprint density at radius 2 is 1.04 bits per heavy atom. The van der Waals surface area contributed by atoms with Crippen molar-refractivity contribution in [3.8, 4) is 0 Å². The van der Waals surface area contributed by atoms with Gasteiger partial charge in [-0.3, -0.25) is 18.6 Å². The van der Waals surface area contributed by atoms with Crippen molar-refractivity contribution in [2.24, 2.45) is 5.73 Å². The molecule has 10 heteroatoms. The first-order valence-electron chi connectivity index (χ1n) is 20.8. The first-order chi connectivity index (χ1) is 25.8. The van der Waals surface area contributed by atoms with E-state index >= 15 is 0 Å². The molecule has 9 nitrogen and oxygen atoms in total. The minimum atomic E-state index is -4.38. The van der Waals surface area contributed by atoms with Gasteiger partial charge in [0.2, 0.25) is 0 Å². The van der Waals surface area contributed by atoms with Gasteiger partial charge in [-0.05, 0) is 57.8 Å². The second-order valence-corrected chi connectivity index (χ2v) is 14.9. The molecule has 0 aliphatic heterocycles. The number of hydrogen-bond acceptors (Lipinski definition) is 8. The molecule has 53 heavy (non-hydrogen) atoms. The predicted molar refractivity (Wildman–Crippen MR) is 219 cm³/mol. The molecule has 0 aromatic heterocycles. The molecule has 0 aromatic rings. The van der Waals surface area contributed by atoms with Crippen molar-refractivity contribution >= 4 is 19.8 Å². The van der Waals surface area contributed by atoms with E-state index in [1.165, 1.54) is 57.8 Å². The predicted octanol–water partition coefficient (Wildman–Crippen LogP) is 11.7. The molecule has 0 saturated heterocycles. The highest BCUT2D eigenvalue weighted by molar-refractivity contribution is 7.47.